The van der Waals surface area contributed by atoms with E-state index >= 15 is 0 Å². The van der Waals surface area contributed by atoms with Crippen molar-refractivity contribution in [2.45, 2.75) is 13.0 Å². The third-order valence-electron chi connectivity index (χ3n) is 2.61. The maximum absolute atomic E-state index is 11.6. The van der Waals surface area contributed by atoms with Crippen LogP contribution in [0, 0.1) is 6.92 Å². The second kappa shape index (κ2) is 3.55. The first-order valence-electron chi connectivity index (χ1n) is 4.84. The summed E-state index contributed by atoms with van der Waals surface area (Å²) in [5.41, 5.74) is 2.83. The van der Waals surface area contributed by atoms with Gasteiger partial charge in [-0.05, 0) is 25.6 Å². The molecule has 1 amide bonds. The van der Waals surface area contributed by atoms with Crippen LogP contribution >= 0.6 is 0 Å². The molecular weight excluding hydrogens is 192 g/mol. The summed E-state index contributed by atoms with van der Waals surface area (Å²) >= 11 is 0. The van der Waals surface area contributed by atoms with Crippen molar-refractivity contribution < 1.29 is 9.53 Å². The summed E-state index contributed by atoms with van der Waals surface area (Å²) in [6.45, 7) is 1.98. The van der Waals surface area contributed by atoms with Crippen LogP contribution in [0.1, 0.15) is 17.2 Å². The number of nitrogens with one attached hydrogen (secondary N) is 2. The second-order valence-electron chi connectivity index (χ2n) is 3.64. The van der Waals surface area contributed by atoms with Crippen LogP contribution in [0.2, 0.25) is 0 Å². The molecule has 0 fully saturated rings. The van der Waals surface area contributed by atoms with Crippen LogP contribution in [0.5, 0.6) is 5.75 Å². The molecule has 0 bridgehead atoms. The van der Waals surface area contributed by atoms with Gasteiger partial charge >= 0.3 is 0 Å². The summed E-state index contributed by atoms with van der Waals surface area (Å²) in [7, 11) is 3.38. The van der Waals surface area contributed by atoms with Gasteiger partial charge < -0.3 is 15.4 Å². The molecule has 0 aliphatic carbocycles. The summed E-state index contributed by atoms with van der Waals surface area (Å²) < 4.78 is 5.24. The Hall–Kier alpha value is -1.55. The van der Waals surface area contributed by atoms with E-state index in [1.54, 1.807) is 14.2 Å². The van der Waals surface area contributed by atoms with Crippen LogP contribution in [0.25, 0.3) is 0 Å². The average Bonchev–Trinajstić information content (AvgIpc) is 2.52. The normalized spacial score (nSPS) is 18.6. The van der Waals surface area contributed by atoms with Gasteiger partial charge in [0.15, 0.2) is 0 Å². The van der Waals surface area contributed by atoms with Gasteiger partial charge in [-0.1, -0.05) is 6.07 Å². The third kappa shape index (κ3) is 1.47. The Balaban J connectivity index is 2.57. The summed E-state index contributed by atoms with van der Waals surface area (Å²) in [6, 6.07) is 3.64. The predicted molar refractivity (Wildman–Crippen MR) is 58.2 cm³/mol. The second-order valence-corrected chi connectivity index (χ2v) is 3.64. The van der Waals surface area contributed by atoms with E-state index in [4.69, 9.17) is 4.74 Å². The minimum Gasteiger partial charge on any atom is -0.495 e. The molecule has 0 radical (unpaired) electrons. The molecule has 1 aromatic rings. The molecule has 1 atom stereocenters. The lowest BCUT2D eigenvalue weighted by Crippen LogP contribution is -2.23. The van der Waals surface area contributed by atoms with Gasteiger partial charge in [-0.25, -0.2) is 0 Å². The molecule has 1 aromatic carbocycles. The summed E-state index contributed by atoms with van der Waals surface area (Å²) in [5, 5.41) is 5.80. The van der Waals surface area contributed by atoms with E-state index < -0.39 is 0 Å². The fourth-order valence-corrected chi connectivity index (χ4v) is 1.93. The minimum absolute atomic E-state index is 0.0311. The van der Waals surface area contributed by atoms with Crippen LogP contribution < -0.4 is 15.4 Å². The van der Waals surface area contributed by atoms with Crippen molar-refractivity contribution in [2.75, 3.05) is 19.5 Å². The molecule has 0 saturated heterocycles. The molecular formula is C11H14N2O2. The summed E-state index contributed by atoms with van der Waals surface area (Å²) in [5.74, 6) is 0.688. The highest BCUT2D eigenvalue weighted by atomic mass is 16.5. The smallest absolute Gasteiger partial charge is 0.246 e. The zero-order valence-corrected chi connectivity index (χ0v) is 9.05. The van der Waals surface area contributed by atoms with Crippen LogP contribution in [0.4, 0.5) is 5.69 Å². The molecule has 4 nitrogen and oxygen atoms in total. The van der Waals surface area contributed by atoms with Crippen molar-refractivity contribution in [3.63, 3.8) is 0 Å². The molecule has 0 saturated carbocycles. The number of amides is 1. The molecule has 4 heteroatoms. The Morgan fingerprint density at radius 3 is 2.80 bits per heavy atom. The first-order valence-corrected chi connectivity index (χ1v) is 4.84. The topological polar surface area (TPSA) is 50.4 Å². The molecule has 2 N–H and O–H groups in total. The number of methoxy groups -OCH3 is 1. The lowest BCUT2D eigenvalue weighted by atomic mass is 10.0. The van der Waals surface area contributed by atoms with Crippen molar-refractivity contribution in [1.29, 1.82) is 0 Å². The van der Waals surface area contributed by atoms with Gasteiger partial charge in [-0.3, -0.25) is 4.79 Å². The predicted octanol–water partition coefficient (Wildman–Crippen LogP) is 1.22. The Bertz CT molecular complexity index is 415. The van der Waals surface area contributed by atoms with E-state index in [1.165, 1.54) is 0 Å². The van der Waals surface area contributed by atoms with Crippen LogP contribution in [0.3, 0.4) is 0 Å². The number of hydrogen-bond acceptors (Lipinski definition) is 3. The molecule has 0 aromatic heterocycles. The fourth-order valence-electron chi connectivity index (χ4n) is 1.93. The summed E-state index contributed by atoms with van der Waals surface area (Å²) in [4.78, 5) is 11.6. The van der Waals surface area contributed by atoms with Crippen LogP contribution in [0.15, 0.2) is 12.1 Å². The first-order chi connectivity index (χ1) is 7.17. The lowest BCUT2D eigenvalue weighted by molar-refractivity contribution is -0.117. The molecule has 0 spiro atoms. The van der Waals surface area contributed by atoms with Gasteiger partial charge in [0.05, 0.1) is 12.8 Å². The SMILES string of the molecule is CNC1C(=O)Nc2c(OC)cc(C)cc21. The number of aryl methyl sites for hydroxylation is 1. The molecule has 1 aliphatic rings. The molecule has 1 aliphatic heterocycles. The fraction of sp³-hybridized carbons (Fsp3) is 0.364. The highest BCUT2D eigenvalue weighted by molar-refractivity contribution is 6.04. The molecule has 2 rings (SSSR count). The highest BCUT2D eigenvalue weighted by Gasteiger charge is 2.31. The Labute approximate surface area is 88.6 Å². The minimum atomic E-state index is -0.270. The number of anilines is 1. The quantitative estimate of drug-likeness (QED) is 0.764. The van der Waals surface area contributed by atoms with Crippen molar-refractivity contribution in [3.8, 4) is 5.75 Å². The first kappa shape index (κ1) is 9.98. The largest absolute Gasteiger partial charge is 0.495 e. The van der Waals surface area contributed by atoms with E-state index in [9.17, 15) is 4.79 Å². The Morgan fingerprint density at radius 1 is 1.47 bits per heavy atom. The maximum Gasteiger partial charge on any atom is 0.246 e. The number of benzene rings is 1. The number of carbonyl (C=O) groups excluding carboxylic acids is 1. The van der Waals surface area contributed by atoms with E-state index in [0.29, 0.717) is 0 Å². The van der Waals surface area contributed by atoms with E-state index in [0.717, 1.165) is 22.6 Å². The van der Waals surface area contributed by atoms with E-state index in [1.807, 2.05) is 19.1 Å². The van der Waals surface area contributed by atoms with Crippen molar-refractivity contribution in [3.05, 3.63) is 23.3 Å². The Morgan fingerprint density at radius 2 is 2.20 bits per heavy atom. The van der Waals surface area contributed by atoms with Crippen LogP contribution in [-0.4, -0.2) is 20.1 Å². The number of carbonyl (C=O) groups is 1. The zero-order chi connectivity index (χ0) is 11.0. The molecule has 1 unspecified atom stereocenters. The average molecular weight is 206 g/mol. The lowest BCUT2D eigenvalue weighted by Gasteiger charge is -2.10. The van der Waals surface area contributed by atoms with Crippen molar-refractivity contribution >= 4 is 11.6 Å². The highest BCUT2D eigenvalue weighted by Crippen LogP contribution is 2.38. The third-order valence-corrected chi connectivity index (χ3v) is 2.61. The van der Waals surface area contributed by atoms with Gasteiger partial charge in [0.2, 0.25) is 5.91 Å². The van der Waals surface area contributed by atoms with Crippen molar-refractivity contribution in [1.82, 2.24) is 5.32 Å². The molecule has 15 heavy (non-hydrogen) atoms. The standard InChI is InChI=1S/C11H14N2O2/c1-6-4-7-9(8(5-6)15-3)13-11(14)10(7)12-2/h4-5,10,12H,1-3H3,(H,13,14). The summed E-state index contributed by atoms with van der Waals surface area (Å²) in [6.07, 6.45) is 0. The molecule has 80 valence electrons. The number of hydrogen-bond donors (Lipinski definition) is 2. The van der Waals surface area contributed by atoms with E-state index in [2.05, 4.69) is 10.6 Å². The van der Waals surface area contributed by atoms with Gasteiger partial charge in [-0.15, -0.1) is 0 Å². The van der Waals surface area contributed by atoms with E-state index in [-0.39, 0.29) is 11.9 Å². The van der Waals surface area contributed by atoms with Crippen molar-refractivity contribution in [2.24, 2.45) is 0 Å². The number of ether oxygens (including phenoxy) is 1. The van der Waals surface area contributed by atoms with Gasteiger partial charge in [0, 0.05) is 5.56 Å². The molecule has 1 heterocycles. The monoisotopic (exact) mass is 206 g/mol. The van der Waals surface area contributed by atoms with Gasteiger partial charge in [0.1, 0.15) is 11.8 Å². The number of rotatable bonds is 2. The zero-order valence-electron chi connectivity index (χ0n) is 9.05. The van der Waals surface area contributed by atoms with Gasteiger partial charge in [0.25, 0.3) is 0 Å². The van der Waals surface area contributed by atoms with Gasteiger partial charge in [-0.2, -0.15) is 0 Å². The van der Waals surface area contributed by atoms with Crippen LogP contribution in [-0.2, 0) is 4.79 Å². The number of likely N-dealkylation sites (N-methyl/N-ethyl adjacent to an activating group) is 1. The maximum atomic E-state index is 11.6. The number of fused-ring (bicyclic) bond motifs is 1. The Kier molecular flexibility index (Phi) is 2.36.